The molecule has 3 rings (SSSR count). The van der Waals surface area contributed by atoms with Crippen molar-refractivity contribution in [3.05, 3.63) is 28.0 Å². The third-order valence-corrected chi connectivity index (χ3v) is 3.64. The van der Waals surface area contributed by atoms with Crippen molar-refractivity contribution in [1.82, 2.24) is 15.0 Å². The van der Waals surface area contributed by atoms with Crippen LogP contribution in [0.25, 0.3) is 0 Å². The van der Waals surface area contributed by atoms with E-state index in [9.17, 15) is 10.1 Å². The molecule has 1 saturated heterocycles. The van der Waals surface area contributed by atoms with E-state index in [1.54, 1.807) is 11.6 Å². The molecule has 1 fully saturated rings. The van der Waals surface area contributed by atoms with Gasteiger partial charge in [-0.3, -0.25) is 10.1 Å². The van der Waals surface area contributed by atoms with Crippen molar-refractivity contribution >= 4 is 33.8 Å². The van der Waals surface area contributed by atoms with Gasteiger partial charge in [0.25, 0.3) is 0 Å². The lowest BCUT2D eigenvalue weighted by Gasteiger charge is -2.27. The summed E-state index contributed by atoms with van der Waals surface area (Å²) in [6.45, 7) is 2.18. The molecule has 0 radical (unpaired) electrons. The Morgan fingerprint density at radius 1 is 1.33 bits per heavy atom. The standard InChI is InChI=1S/C11H12N6O3S/c18-17(19)8-9(15-11-12-1-6-21-11)13-7-14-10(8)16-2-4-20-5-3-16/h1,6-7H,2-5H2,(H,12,13,14,15). The summed E-state index contributed by atoms with van der Waals surface area (Å²) in [5.41, 5.74) is -0.144. The molecule has 110 valence electrons. The predicted molar refractivity (Wildman–Crippen MR) is 77.1 cm³/mol. The maximum Gasteiger partial charge on any atom is 0.353 e. The number of morpholine rings is 1. The average Bonchev–Trinajstić information content (AvgIpc) is 3.00. The van der Waals surface area contributed by atoms with Crippen LogP contribution in [0, 0.1) is 10.1 Å². The molecule has 0 unspecified atom stereocenters. The van der Waals surface area contributed by atoms with Crippen molar-refractivity contribution < 1.29 is 9.66 Å². The summed E-state index contributed by atoms with van der Waals surface area (Å²) in [7, 11) is 0. The van der Waals surface area contributed by atoms with Gasteiger partial charge in [0.2, 0.25) is 11.6 Å². The third kappa shape index (κ3) is 2.90. The molecule has 1 aliphatic rings. The Bertz CT molecular complexity index is 629. The number of aromatic nitrogens is 3. The van der Waals surface area contributed by atoms with Crippen molar-refractivity contribution in [3.63, 3.8) is 0 Å². The minimum atomic E-state index is -0.471. The van der Waals surface area contributed by atoms with Gasteiger partial charge in [-0.05, 0) is 0 Å². The lowest BCUT2D eigenvalue weighted by Crippen LogP contribution is -2.37. The molecule has 1 aliphatic heterocycles. The summed E-state index contributed by atoms with van der Waals surface area (Å²) >= 11 is 1.34. The quantitative estimate of drug-likeness (QED) is 0.667. The fourth-order valence-corrected chi connectivity index (χ4v) is 2.55. The molecule has 0 aromatic carbocycles. The second-order valence-electron chi connectivity index (χ2n) is 4.21. The molecule has 0 aliphatic carbocycles. The number of nitro groups is 1. The lowest BCUT2D eigenvalue weighted by atomic mass is 10.3. The van der Waals surface area contributed by atoms with Gasteiger partial charge in [0.05, 0.1) is 18.1 Å². The van der Waals surface area contributed by atoms with Crippen molar-refractivity contribution in [2.75, 3.05) is 36.5 Å². The zero-order valence-electron chi connectivity index (χ0n) is 10.9. The van der Waals surface area contributed by atoms with E-state index in [1.165, 1.54) is 17.7 Å². The summed E-state index contributed by atoms with van der Waals surface area (Å²) in [4.78, 5) is 24.9. The summed E-state index contributed by atoms with van der Waals surface area (Å²) in [6, 6.07) is 0. The summed E-state index contributed by atoms with van der Waals surface area (Å²) < 4.78 is 5.26. The van der Waals surface area contributed by atoms with E-state index in [4.69, 9.17) is 4.74 Å². The second-order valence-corrected chi connectivity index (χ2v) is 5.11. The van der Waals surface area contributed by atoms with Gasteiger partial charge in [0, 0.05) is 24.7 Å². The minimum absolute atomic E-state index is 0.144. The summed E-state index contributed by atoms with van der Waals surface area (Å²) in [5.74, 6) is 0.448. The van der Waals surface area contributed by atoms with Crippen LogP contribution in [0.15, 0.2) is 17.9 Å². The van der Waals surface area contributed by atoms with E-state index < -0.39 is 4.92 Å². The number of nitrogens with zero attached hydrogens (tertiary/aromatic N) is 5. The topological polar surface area (TPSA) is 106 Å². The molecule has 2 aromatic rings. The highest BCUT2D eigenvalue weighted by Gasteiger charge is 2.28. The zero-order valence-corrected chi connectivity index (χ0v) is 11.7. The van der Waals surface area contributed by atoms with Gasteiger partial charge < -0.3 is 15.0 Å². The van der Waals surface area contributed by atoms with E-state index in [0.29, 0.717) is 37.3 Å². The molecule has 0 amide bonds. The number of nitrogens with one attached hydrogen (secondary N) is 1. The Morgan fingerprint density at radius 2 is 2.14 bits per heavy atom. The molecule has 0 spiro atoms. The van der Waals surface area contributed by atoms with Crippen LogP contribution in [0.3, 0.4) is 0 Å². The molecular formula is C11H12N6O3S. The van der Waals surface area contributed by atoms with E-state index in [2.05, 4.69) is 20.3 Å². The number of thiazole rings is 1. The first-order valence-corrected chi connectivity index (χ1v) is 7.12. The average molecular weight is 308 g/mol. The maximum absolute atomic E-state index is 11.4. The fraction of sp³-hybridized carbons (Fsp3) is 0.364. The molecule has 0 atom stereocenters. The van der Waals surface area contributed by atoms with Gasteiger partial charge in [-0.1, -0.05) is 0 Å². The molecule has 3 heterocycles. The van der Waals surface area contributed by atoms with Crippen molar-refractivity contribution in [2.45, 2.75) is 0 Å². The SMILES string of the molecule is O=[N+]([O-])c1c(Nc2nccs2)ncnc1N1CCOCC1. The van der Waals surface area contributed by atoms with Crippen molar-refractivity contribution in [1.29, 1.82) is 0 Å². The van der Waals surface area contributed by atoms with Gasteiger partial charge in [-0.15, -0.1) is 11.3 Å². The Morgan fingerprint density at radius 3 is 2.81 bits per heavy atom. The number of anilines is 3. The van der Waals surface area contributed by atoms with Crippen molar-refractivity contribution in [3.8, 4) is 0 Å². The third-order valence-electron chi connectivity index (χ3n) is 2.95. The highest BCUT2D eigenvalue weighted by molar-refractivity contribution is 7.13. The Hall–Kier alpha value is -2.33. The first kappa shape index (κ1) is 13.6. The Labute approximate surface area is 123 Å². The highest BCUT2D eigenvalue weighted by Crippen LogP contribution is 2.34. The van der Waals surface area contributed by atoms with Crippen LogP contribution in [-0.4, -0.2) is 46.2 Å². The first-order valence-electron chi connectivity index (χ1n) is 6.24. The molecule has 0 saturated carbocycles. The minimum Gasteiger partial charge on any atom is -0.378 e. The molecule has 0 bridgehead atoms. The fourth-order valence-electron chi connectivity index (χ4n) is 2.02. The van der Waals surface area contributed by atoms with Gasteiger partial charge in [0.1, 0.15) is 6.33 Å². The number of hydrogen-bond donors (Lipinski definition) is 1. The Balaban J connectivity index is 1.97. The van der Waals surface area contributed by atoms with Crippen LogP contribution in [0.4, 0.5) is 22.5 Å². The summed E-state index contributed by atoms with van der Waals surface area (Å²) in [6.07, 6.45) is 2.93. The molecule has 2 aromatic heterocycles. The number of ether oxygens (including phenoxy) is 1. The summed E-state index contributed by atoms with van der Waals surface area (Å²) in [5, 5.41) is 16.6. The van der Waals surface area contributed by atoms with Crippen molar-refractivity contribution in [2.24, 2.45) is 0 Å². The molecule has 10 heteroatoms. The van der Waals surface area contributed by atoms with Crippen LogP contribution in [0.5, 0.6) is 0 Å². The number of rotatable bonds is 4. The van der Waals surface area contributed by atoms with Gasteiger partial charge in [0.15, 0.2) is 5.13 Å². The van der Waals surface area contributed by atoms with Crippen LogP contribution in [0.2, 0.25) is 0 Å². The zero-order chi connectivity index (χ0) is 14.7. The molecule has 9 nitrogen and oxygen atoms in total. The Kier molecular flexibility index (Phi) is 3.88. The predicted octanol–water partition coefficient (Wildman–Crippen LogP) is 1.42. The molecule has 1 N–H and O–H groups in total. The second kappa shape index (κ2) is 5.97. The van der Waals surface area contributed by atoms with E-state index in [-0.39, 0.29) is 11.5 Å². The highest BCUT2D eigenvalue weighted by atomic mass is 32.1. The van der Waals surface area contributed by atoms with Crippen LogP contribution in [-0.2, 0) is 4.74 Å². The smallest absolute Gasteiger partial charge is 0.353 e. The molecular weight excluding hydrogens is 296 g/mol. The monoisotopic (exact) mass is 308 g/mol. The normalized spacial score (nSPS) is 15.0. The van der Waals surface area contributed by atoms with Gasteiger partial charge >= 0.3 is 5.69 Å². The van der Waals surface area contributed by atoms with E-state index in [0.717, 1.165) is 0 Å². The van der Waals surface area contributed by atoms with Gasteiger partial charge in [-0.2, -0.15) is 0 Å². The number of hydrogen-bond acceptors (Lipinski definition) is 9. The largest absolute Gasteiger partial charge is 0.378 e. The van der Waals surface area contributed by atoms with E-state index >= 15 is 0 Å². The van der Waals surface area contributed by atoms with Gasteiger partial charge in [-0.25, -0.2) is 15.0 Å². The van der Waals surface area contributed by atoms with Crippen LogP contribution >= 0.6 is 11.3 Å². The van der Waals surface area contributed by atoms with Crippen LogP contribution in [0.1, 0.15) is 0 Å². The lowest BCUT2D eigenvalue weighted by molar-refractivity contribution is -0.383. The molecule has 21 heavy (non-hydrogen) atoms. The maximum atomic E-state index is 11.4. The first-order chi connectivity index (χ1) is 10.3. The van der Waals surface area contributed by atoms with E-state index in [1.807, 2.05) is 4.90 Å². The van der Waals surface area contributed by atoms with Crippen LogP contribution < -0.4 is 10.2 Å².